The van der Waals surface area contributed by atoms with Gasteiger partial charge in [-0.15, -0.1) is 0 Å². The zero-order valence-corrected chi connectivity index (χ0v) is 17.7. The topological polar surface area (TPSA) is 122 Å². The van der Waals surface area contributed by atoms with E-state index >= 15 is 0 Å². The van der Waals surface area contributed by atoms with Crippen LogP contribution in [0.4, 0.5) is 0 Å². The summed E-state index contributed by atoms with van der Waals surface area (Å²) in [6.07, 6.45) is -0.330. The van der Waals surface area contributed by atoms with Crippen molar-refractivity contribution in [2.45, 2.75) is 76.9 Å². The number of likely N-dealkylation sites (tertiary alicyclic amines) is 1. The van der Waals surface area contributed by atoms with Crippen LogP contribution in [0.1, 0.15) is 40.5 Å². The van der Waals surface area contributed by atoms with Crippen molar-refractivity contribution < 1.29 is 23.9 Å². The Morgan fingerprint density at radius 1 is 1.35 bits per heavy atom. The summed E-state index contributed by atoms with van der Waals surface area (Å²) in [6, 6.07) is -1.66. The van der Waals surface area contributed by atoms with E-state index < -0.39 is 38.3 Å². The molecule has 1 aliphatic heterocycles. The number of primary amides is 1. The number of aliphatic hydroxyl groups excluding tert-OH is 1. The first-order valence-electron chi connectivity index (χ1n) is 8.95. The monoisotopic (exact) mass is 387 g/mol. The molecular weight excluding hydrogens is 354 g/mol. The minimum absolute atomic E-state index is 0.0421. The first kappa shape index (κ1) is 22.6. The lowest BCUT2D eigenvalue weighted by Gasteiger charge is -2.36. The second-order valence-corrected chi connectivity index (χ2v) is 13.2. The molecule has 3 amide bonds. The van der Waals surface area contributed by atoms with Crippen LogP contribution < -0.4 is 11.1 Å². The molecule has 1 heterocycles. The molecule has 4 N–H and O–H groups in total. The Morgan fingerprint density at radius 3 is 2.38 bits per heavy atom. The molecule has 0 aromatic heterocycles. The predicted octanol–water partition coefficient (Wildman–Crippen LogP) is 0.350. The molecule has 1 aliphatic rings. The van der Waals surface area contributed by atoms with Crippen molar-refractivity contribution in [3.63, 3.8) is 0 Å². The number of rotatable bonds is 7. The Bertz CT molecular complexity index is 547. The fourth-order valence-corrected chi connectivity index (χ4v) is 3.67. The highest BCUT2D eigenvalue weighted by Crippen LogP contribution is 2.36. The number of hydrogen-bond acceptors (Lipinski definition) is 5. The van der Waals surface area contributed by atoms with E-state index in [1.165, 1.54) is 11.8 Å². The van der Waals surface area contributed by atoms with E-state index in [-0.39, 0.29) is 30.3 Å². The van der Waals surface area contributed by atoms with Gasteiger partial charge in [0.25, 0.3) is 0 Å². The molecule has 0 aliphatic carbocycles. The van der Waals surface area contributed by atoms with Crippen molar-refractivity contribution in [1.82, 2.24) is 10.2 Å². The summed E-state index contributed by atoms with van der Waals surface area (Å²) in [5, 5.41) is 12.4. The number of β-amino-alcohol motifs (C(OH)–C–C–N with tert-alkyl or cyclic N) is 1. The maximum absolute atomic E-state index is 12.5. The van der Waals surface area contributed by atoms with Gasteiger partial charge in [0.15, 0.2) is 8.32 Å². The van der Waals surface area contributed by atoms with Gasteiger partial charge in [0.05, 0.1) is 6.10 Å². The minimum Gasteiger partial charge on any atom is -0.417 e. The molecular formula is C17H33N3O5Si. The molecule has 1 saturated heterocycles. The zero-order chi connectivity index (χ0) is 20.3. The smallest absolute Gasteiger partial charge is 0.243 e. The molecule has 0 spiro atoms. The van der Waals surface area contributed by atoms with Crippen molar-refractivity contribution in [1.29, 1.82) is 0 Å². The van der Waals surface area contributed by atoms with Crippen molar-refractivity contribution >= 4 is 26.0 Å². The van der Waals surface area contributed by atoms with E-state index in [0.717, 1.165) is 0 Å². The van der Waals surface area contributed by atoms with E-state index in [2.05, 4.69) is 39.2 Å². The highest BCUT2D eigenvalue weighted by molar-refractivity contribution is 6.74. The number of carbonyl (C=O) groups is 3. The summed E-state index contributed by atoms with van der Waals surface area (Å²) in [4.78, 5) is 37.1. The number of hydrogen-bond donors (Lipinski definition) is 3. The highest BCUT2D eigenvalue weighted by Gasteiger charge is 2.39. The molecule has 0 unspecified atom stereocenters. The molecule has 0 saturated carbocycles. The average molecular weight is 388 g/mol. The summed E-state index contributed by atoms with van der Waals surface area (Å²) >= 11 is 0. The fraction of sp³-hybridized carbons (Fsp3) is 0.824. The van der Waals surface area contributed by atoms with Crippen LogP contribution in [0.2, 0.25) is 18.1 Å². The molecule has 0 bridgehead atoms. The number of carbonyl (C=O) groups excluding carboxylic acids is 3. The number of nitrogens with one attached hydrogen (secondary N) is 1. The molecule has 0 aromatic rings. The molecule has 26 heavy (non-hydrogen) atoms. The number of nitrogens with two attached hydrogens (primary N) is 1. The van der Waals surface area contributed by atoms with Gasteiger partial charge in [0.1, 0.15) is 12.1 Å². The lowest BCUT2D eigenvalue weighted by molar-refractivity contribution is -0.138. The maximum Gasteiger partial charge on any atom is 0.243 e. The van der Waals surface area contributed by atoms with Crippen molar-refractivity contribution in [2.75, 3.05) is 13.2 Å². The molecule has 1 fully saturated rings. The van der Waals surface area contributed by atoms with Gasteiger partial charge in [-0.25, -0.2) is 0 Å². The number of nitrogens with zero attached hydrogens (tertiary/aromatic N) is 1. The third-order valence-corrected chi connectivity index (χ3v) is 9.86. The lowest BCUT2D eigenvalue weighted by Crippen LogP contribution is -2.52. The second kappa shape index (κ2) is 8.49. The van der Waals surface area contributed by atoms with Gasteiger partial charge in [-0.05, 0) is 24.6 Å². The van der Waals surface area contributed by atoms with Crippen LogP contribution in [0.25, 0.3) is 0 Å². The third kappa shape index (κ3) is 5.78. The molecule has 0 aromatic carbocycles. The van der Waals surface area contributed by atoms with E-state index in [0.29, 0.717) is 6.61 Å². The lowest BCUT2D eigenvalue weighted by atomic mass is 10.1. The van der Waals surface area contributed by atoms with Crippen molar-refractivity contribution in [2.24, 2.45) is 5.73 Å². The summed E-state index contributed by atoms with van der Waals surface area (Å²) in [5.74, 6) is -1.42. The Balaban J connectivity index is 2.67. The number of aliphatic hydroxyl groups is 1. The molecule has 1 rings (SSSR count). The first-order chi connectivity index (χ1) is 11.8. The Kier molecular flexibility index (Phi) is 7.38. The van der Waals surface area contributed by atoms with Gasteiger partial charge in [0.2, 0.25) is 17.7 Å². The van der Waals surface area contributed by atoms with Crippen LogP contribution in [-0.4, -0.2) is 67.4 Å². The first-order valence-corrected chi connectivity index (χ1v) is 11.9. The Labute approximate surface area is 156 Å². The molecule has 3 atom stereocenters. The summed E-state index contributed by atoms with van der Waals surface area (Å²) in [7, 11) is -1.96. The SMILES string of the molecule is CC(=O)N1C[C@H](O)C[C@H]1C(=O)N[C@H](CCO[Si](C)(C)C(C)(C)C)C(N)=O. The van der Waals surface area contributed by atoms with Crippen LogP contribution >= 0.6 is 0 Å². The van der Waals surface area contributed by atoms with Crippen LogP contribution in [0.3, 0.4) is 0 Å². The van der Waals surface area contributed by atoms with Gasteiger partial charge in [-0.3, -0.25) is 14.4 Å². The molecule has 150 valence electrons. The van der Waals surface area contributed by atoms with Gasteiger partial charge in [0, 0.05) is 26.5 Å². The summed E-state index contributed by atoms with van der Waals surface area (Å²) in [6.45, 7) is 12.3. The van der Waals surface area contributed by atoms with Gasteiger partial charge >= 0.3 is 0 Å². The summed E-state index contributed by atoms with van der Waals surface area (Å²) in [5.41, 5.74) is 5.41. The van der Waals surface area contributed by atoms with Crippen LogP contribution in [-0.2, 0) is 18.8 Å². The molecule has 0 radical (unpaired) electrons. The largest absolute Gasteiger partial charge is 0.417 e. The van der Waals surface area contributed by atoms with Crippen LogP contribution in [0.5, 0.6) is 0 Å². The molecule has 8 nitrogen and oxygen atoms in total. The molecule has 9 heteroatoms. The average Bonchev–Trinajstić information content (AvgIpc) is 2.87. The Morgan fingerprint density at radius 2 is 1.92 bits per heavy atom. The zero-order valence-electron chi connectivity index (χ0n) is 16.7. The van der Waals surface area contributed by atoms with Gasteiger partial charge in [-0.2, -0.15) is 0 Å². The predicted molar refractivity (Wildman–Crippen MR) is 101 cm³/mol. The normalized spacial score (nSPS) is 22.2. The second-order valence-electron chi connectivity index (χ2n) is 8.44. The van der Waals surface area contributed by atoms with E-state index in [9.17, 15) is 19.5 Å². The van der Waals surface area contributed by atoms with Crippen molar-refractivity contribution in [3.05, 3.63) is 0 Å². The van der Waals surface area contributed by atoms with E-state index in [1.54, 1.807) is 0 Å². The van der Waals surface area contributed by atoms with Crippen LogP contribution in [0, 0.1) is 0 Å². The van der Waals surface area contributed by atoms with Gasteiger partial charge < -0.3 is 25.5 Å². The quantitative estimate of drug-likeness (QED) is 0.544. The minimum atomic E-state index is -1.96. The van der Waals surface area contributed by atoms with Crippen LogP contribution in [0.15, 0.2) is 0 Å². The maximum atomic E-state index is 12.5. The standard InChI is InChI=1S/C17H33N3O5Si/c1-11(21)20-10-12(22)9-14(20)16(24)19-13(15(18)23)7-8-25-26(5,6)17(2,3)4/h12-14,22H,7-10H2,1-6H3,(H2,18,23)(H,19,24)/t12-,13-,14+/m1/s1. The third-order valence-electron chi connectivity index (χ3n) is 5.32. The number of amides is 3. The fourth-order valence-electron chi connectivity index (χ4n) is 2.61. The highest BCUT2D eigenvalue weighted by atomic mass is 28.4. The Hall–Kier alpha value is -1.45. The van der Waals surface area contributed by atoms with Gasteiger partial charge in [-0.1, -0.05) is 20.8 Å². The van der Waals surface area contributed by atoms with E-state index in [1.807, 2.05) is 0 Å². The van der Waals surface area contributed by atoms with Crippen molar-refractivity contribution in [3.8, 4) is 0 Å². The summed E-state index contributed by atoms with van der Waals surface area (Å²) < 4.78 is 6.03. The van der Waals surface area contributed by atoms with E-state index in [4.69, 9.17) is 10.2 Å².